The SMILES string of the molecule is CC(C)CC(O)CC(O)CC(O)CCO. The molecule has 15 heavy (non-hydrogen) atoms. The highest BCUT2D eigenvalue weighted by Gasteiger charge is 2.16. The van der Waals surface area contributed by atoms with Gasteiger partial charge in [0.25, 0.3) is 0 Å². The number of aliphatic hydroxyl groups excluding tert-OH is 4. The van der Waals surface area contributed by atoms with Crippen molar-refractivity contribution in [1.82, 2.24) is 0 Å². The van der Waals surface area contributed by atoms with Crippen molar-refractivity contribution in [2.45, 2.75) is 57.8 Å². The lowest BCUT2D eigenvalue weighted by molar-refractivity contribution is 0.0268. The molecule has 0 heterocycles. The maximum Gasteiger partial charge on any atom is 0.0589 e. The lowest BCUT2D eigenvalue weighted by Crippen LogP contribution is -2.24. The Morgan fingerprint density at radius 2 is 1.27 bits per heavy atom. The van der Waals surface area contributed by atoms with E-state index in [-0.39, 0.29) is 19.4 Å². The molecular weight excluding hydrogens is 196 g/mol. The van der Waals surface area contributed by atoms with Gasteiger partial charge >= 0.3 is 0 Å². The summed E-state index contributed by atoms with van der Waals surface area (Å²) in [5, 5.41) is 36.9. The first-order valence-electron chi connectivity index (χ1n) is 5.60. The van der Waals surface area contributed by atoms with Crippen LogP contribution in [0.15, 0.2) is 0 Å². The fourth-order valence-electron chi connectivity index (χ4n) is 1.63. The zero-order valence-electron chi connectivity index (χ0n) is 9.63. The Morgan fingerprint density at radius 1 is 0.800 bits per heavy atom. The average molecular weight is 220 g/mol. The van der Waals surface area contributed by atoms with Gasteiger partial charge in [-0.3, -0.25) is 0 Å². The Labute approximate surface area is 91.6 Å². The van der Waals surface area contributed by atoms with Crippen molar-refractivity contribution in [1.29, 1.82) is 0 Å². The minimum Gasteiger partial charge on any atom is -0.396 e. The Hall–Kier alpha value is -0.160. The highest BCUT2D eigenvalue weighted by atomic mass is 16.3. The van der Waals surface area contributed by atoms with Gasteiger partial charge in [0, 0.05) is 6.61 Å². The third-order valence-electron chi connectivity index (χ3n) is 2.29. The molecule has 0 saturated carbocycles. The second-order valence-corrected chi connectivity index (χ2v) is 4.57. The molecule has 0 aliphatic rings. The Morgan fingerprint density at radius 3 is 1.73 bits per heavy atom. The van der Waals surface area contributed by atoms with Gasteiger partial charge in [0.15, 0.2) is 0 Å². The van der Waals surface area contributed by atoms with Crippen LogP contribution in [0.2, 0.25) is 0 Å². The first-order chi connectivity index (χ1) is 6.95. The maximum atomic E-state index is 9.54. The molecule has 3 atom stereocenters. The van der Waals surface area contributed by atoms with Gasteiger partial charge in [0.2, 0.25) is 0 Å². The Kier molecular flexibility index (Phi) is 7.96. The van der Waals surface area contributed by atoms with E-state index in [1.165, 1.54) is 0 Å². The van der Waals surface area contributed by atoms with Gasteiger partial charge in [-0.2, -0.15) is 0 Å². The molecule has 0 amide bonds. The van der Waals surface area contributed by atoms with E-state index in [1.807, 2.05) is 13.8 Å². The summed E-state index contributed by atoms with van der Waals surface area (Å²) in [6.45, 7) is 3.94. The summed E-state index contributed by atoms with van der Waals surface area (Å²) in [5.41, 5.74) is 0. The molecule has 0 aromatic rings. The van der Waals surface area contributed by atoms with Crippen LogP contribution in [0.4, 0.5) is 0 Å². The van der Waals surface area contributed by atoms with Gasteiger partial charge in [0.1, 0.15) is 0 Å². The predicted octanol–water partition coefficient (Wildman–Crippen LogP) is 0.278. The summed E-state index contributed by atoms with van der Waals surface area (Å²) in [7, 11) is 0. The summed E-state index contributed by atoms with van der Waals surface area (Å²) >= 11 is 0. The first-order valence-corrected chi connectivity index (χ1v) is 5.60. The molecule has 0 aromatic carbocycles. The normalized spacial score (nSPS) is 17.8. The second-order valence-electron chi connectivity index (χ2n) is 4.57. The number of hydrogen-bond acceptors (Lipinski definition) is 4. The van der Waals surface area contributed by atoms with Crippen LogP contribution < -0.4 is 0 Å². The molecule has 4 N–H and O–H groups in total. The van der Waals surface area contributed by atoms with Gasteiger partial charge in [-0.15, -0.1) is 0 Å². The van der Waals surface area contributed by atoms with Crippen LogP contribution in [0.3, 0.4) is 0 Å². The quantitative estimate of drug-likeness (QED) is 0.473. The van der Waals surface area contributed by atoms with Crippen molar-refractivity contribution in [3.63, 3.8) is 0 Å². The number of hydrogen-bond donors (Lipinski definition) is 4. The van der Waals surface area contributed by atoms with Crippen LogP contribution in [-0.2, 0) is 0 Å². The van der Waals surface area contributed by atoms with Crippen molar-refractivity contribution < 1.29 is 20.4 Å². The lowest BCUT2D eigenvalue weighted by atomic mass is 9.98. The molecule has 0 aliphatic heterocycles. The fraction of sp³-hybridized carbons (Fsp3) is 1.00. The Balaban J connectivity index is 3.67. The molecule has 3 unspecified atom stereocenters. The molecule has 92 valence electrons. The van der Waals surface area contributed by atoms with E-state index in [2.05, 4.69) is 0 Å². The highest BCUT2D eigenvalue weighted by Crippen LogP contribution is 2.13. The van der Waals surface area contributed by atoms with Crippen LogP contribution in [-0.4, -0.2) is 45.3 Å². The maximum absolute atomic E-state index is 9.54. The predicted molar refractivity (Wildman–Crippen MR) is 58.4 cm³/mol. The molecule has 0 saturated heterocycles. The van der Waals surface area contributed by atoms with Crippen LogP contribution in [0.1, 0.15) is 39.5 Å². The van der Waals surface area contributed by atoms with Crippen LogP contribution in [0.25, 0.3) is 0 Å². The molecule has 0 aliphatic carbocycles. The standard InChI is InChI=1S/C11H24O4/c1-8(2)5-10(14)7-11(15)6-9(13)3-4-12/h8-15H,3-7H2,1-2H3. The van der Waals surface area contributed by atoms with E-state index < -0.39 is 18.3 Å². The zero-order valence-corrected chi connectivity index (χ0v) is 9.63. The molecule has 0 spiro atoms. The summed E-state index contributed by atoms with van der Waals surface area (Å²) in [6.07, 6.45) is -0.446. The highest BCUT2D eigenvalue weighted by molar-refractivity contribution is 4.68. The van der Waals surface area contributed by atoms with Gasteiger partial charge in [-0.05, 0) is 31.6 Å². The largest absolute Gasteiger partial charge is 0.396 e. The minimum absolute atomic E-state index is 0.0809. The monoisotopic (exact) mass is 220 g/mol. The topological polar surface area (TPSA) is 80.9 Å². The first kappa shape index (κ1) is 14.8. The third kappa shape index (κ3) is 8.81. The third-order valence-corrected chi connectivity index (χ3v) is 2.29. The fourth-order valence-corrected chi connectivity index (χ4v) is 1.63. The summed E-state index contributed by atoms with van der Waals surface area (Å²) < 4.78 is 0. The molecular formula is C11H24O4. The molecule has 0 aromatic heterocycles. The van der Waals surface area contributed by atoms with Crippen LogP contribution in [0, 0.1) is 5.92 Å². The van der Waals surface area contributed by atoms with E-state index in [0.29, 0.717) is 18.8 Å². The van der Waals surface area contributed by atoms with Crippen molar-refractivity contribution in [2.24, 2.45) is 5.92 Å². The summed E-state index contributed by atoms with van der Waals surface area (Å²) in [6, 6.07) is 0. The van der Waals surface area contributed by atoms with Gasteiger partial charge in [-0.25, -0.2) is 0 Å². The lowest BCUT2D eigenvalue weighted by Gasteiger charge is -2.19. The molecule has 0 radical (unpaired) electrons. The molecule has 0 fully saturated rings. The Bertz CT molecular complexity index is 150. The van der Waals surface area contributed by atoms with E-state index in [4.69, 9.17) is 5.11 Å². The van der Waals surface area contributed by atoms with Crippen molar-refractivity contribution >= 4 is 0 Å². The minimum atomic E-state index is -0.694. The molecule has 4 nitrogen and oxygen atoms in total. The smallest absolute Gasteiger partial charge is 0.0589 e. The average Bonchev–Trinajstić information content (AvgIpc) is 2.00. The zero-order chi connectivity index (χ0) is 11.8. The summed E-state index contributed by atoms with van der Waals surface area (Å²) in [4.78, 5) is 0. The van der Waals surface area contributed by atoms with Gasteiger partial charge in [0.05, 0.1) is 18.3 Å². The number of rotatable bonds is 8. The molecule has 4 heteroatoms. The summed E-state index contributed by atoms with van der Waals surface area (Å²) in [5.74, 6) is 0.398. The molecule has 0 rings (SSSR count). The van der Waals surface area contributed by atoms with Crippen molar-refractivity contribution in [3.05, 3.63) is 0 Å². The van der Waals surface area contributed by atoms with Crippen LogP contribution >= 0.6 is 0 Å². The van der Waals surface area contributed by atoms with Crippen molar-refractivity contribution in [3.8, 4) is 0 Å². The van der Waals surface area contributed by atoms with Gasteiger partial charge < -0.3 is 20.4 Å². The van der Waals surface area contributed by atoms with E-state index >= 15 is 0 Å². The number of aliphatic hydroxyl groups is 4. The van der Waals surface area contributed by atoms with E-state index in [9.17, 15) is 15.3 Å². The van der Waals surface area contributed by atoms with E-state index in [1.54, 1.807) is 0 Å². The second kappa shape index (κ2) is 8.05. The van der Waals surface area contributed by atoms with Gasteiger partial charge in [-0.1, -0.05) is 13.8 Å². The molecule has 0 bridgehead atoms. The van der Waals surface area contributed by atoms with E-state index in [0.717, 1.165) is 0 Å². The van der Waals surface area contributed by atoms with Crippen molar-refractivity contribution in [2.75, 3.05) is 6.61 Å². The van der Waals surface area contributed by atoms with Crippen LogP contribution in [0.5, 0.6) is 0 Å².